The van der Waals surface area contributed by atoms with Crippen LogP contribution in [0.5, 0.6) is 0 Å². The summed E-state index contributed by atoms with van der Waals surface area (Å²) in [6, 6.07) is 11.5. The van der Waals surface area contributed by atoms with Crippen LogP contribution in [-0.4, -0.2) is 11.6 Å². The SMILES string of the molecule is CC(C)(C)OC(=O)[C@]1(C#N)C=C1c1ccccc1. The molecule has 1 aromatic rings. The van der Waals surface area contributed by atoms with Gasteiger partial charge in [-0.3, -0.25) is 0 Å². The molecule has 0 aromatic heterocycles. The summed E-state index contributed by atoms with van der Waals surface area (Å²) in [4.78, 5) is 12.1. The second kappa shape index (κ2) is 3.99. The van der Waals surface area contributed by atoms with Gasteiger partial charge in [-0.15, -0.1) is 0 Å². The van der Waals surface area contributed by atoms with Gasteiger partial charge in [-0.25, -0.2) is 4.79 Å². The summed E-state index contributed by atoms with van der Waals surface area (Å²) in [6.07, 6.45) is 1.66. The van der Waals surface area contributed by atoms with Crippen molar-refractivity contribution < 1.29 is 9.53 Å². The topological polar surface area (TPSA) is 50.1 Å². The maximum Gasteiger partial charge on any atom is 0.335 e. The first-order valence-electron chi connectivity index (χ1n) is 5.82. The maximum absolute atomic E-state index is 12.1. The third-order valence-electron chi connectivity index (χ3n) is 2.68. The molecular weight excluding hydrogens is 226 g/mol. The van der Waals surface area contributed by atoms with E-state index in [1.54, 1.807) is 26.8 Å². The minimum Gasteiger partial charge on any atom is -0.458 e. The molecule has 1 aliphatic rings. The fourth-order valence-electron chi connectivity index (χ4n) is 1.77. The number of hydrogen-bond acceptors (Lipinski definition) is 3. The second-order valence-electron chi connectivity index (χ2n) is 5.35. The molecular formula is C15H15NO2. The lowest BCUT2D eigenvalue weighted by Crippen LogP contribution is -2.30. The lowest BCUT2D eigenvalue weighted by atomic mass is 9.98. The van der Waals surface area contributed by atoms with Gasteiger partial charge in [-0.1, -0.05) is 30.3 Å². The van der Waals surface area contributed by atoms with Crippen LogP contribution >= 0.6 is 0 Å². The van der Waals surface area contributed by atoms with Gasteiger partial charge in [0.1, 0.15) is 5.60 Å². The van der Waals surface area contributed by atoms with Crippen LogP contribution in [0, 0.1) is 16.7 Å². The van der Waals surface area contributed by atoms with Gasteiger partial charge in [0.15, 0.2) is 5.41 Å². The number of carbonyl (C=O) groups excluding carboxylic acids is 1. The molecule has 0 radical (unpaired) electrons. The number of hydrogen-bond donors (Lipinski definition) is 0. The lowest BCUT2D eigenvalue weighted by Gasteiger charge is -2.22. The second-order valence-corrected chi connectivity index (χ2v) is 5.35. The van der Waals surface area contributed by atoms with E-state index < -0.39 is 17.0 Å². The molecule has 0 amide bonds. The van der Waals surface area contributed by atoms with E-state index in [9.17, 15) is 10.1 Å². The van der Waals surface area contributed by atoms with Gasteiger partial charge in [-0.05, 0) is 38.0 Å². The normalized spacial score (nSPS) is 21.8. The van der Waals surface area contributed by atoms with E-state index in [1.807, 2.05) is 30.3 Å². The summed E-state index contributed by atoms with van der Waals surface area (Å²) in [6.45, 7) is 5.38. The van der Waals surface area contributed by atoms with Crippen molar-refractivity contribution in [3.05, 3.63) is 42.0 Å². The van der Waals surface area contributed by atoms with Crippen molar-refractivity contribution in [3.63, 3.8) is 0 Å². The van der Waals surface area contributed by atoms with Gasteiger partial charge in [0, 0.05) is 0 Å². The summed E-state index contributed by atoms with van der Waals surface area (Å²) in [5.74, 6) is -0.489. The Balaban J connectivity index is 2.19. The van der Waals surface area contributed by atoms with E-state index in [2.05, 4.69) is 6.07 Å². The molecule has 18 heavy (non-hydrogen) atoms. The Morgan fingerprint density at radius 1 is 1.28 bits per heavy atom. The summed E-state index contributed by atoms with van der Waals surface area (Å²) < 4.78 is 5.29. The lowest BCUT2D eigenvalue weighted by molar-refractivity contribution is -0.157. The molecule has 3 nitrogen and oxygen atoms in total. The number of nitriles is 1. The van der Waals surface area contributed by atoms with E-state index in [0.717, 1.165) is 11.1 Å². The highest BCUT2D eigenvalue weighted by atomic mass is 16.6. The van der Waals surface area contributed by atoms with Gasteiger partial charge in [-0.2, -0.15) is 5.26 Å². The van der Waals surface area contributed by atoms with Crippen LogP contribution in [-0.2, 0) is 9.53 Å². The van der Waals surface area contributed by atoms with E-state index in [-0.39, 0.29) is 0 Å². The minimum atomic E-state index is -1.19. The van der Waals surface area contributed by atoms with Crippen molar-refractivity contribution >= 4 is 11.5 Å². The minimum absolute atomic E-state index is 0.489. The predicted molar refractivity (Wildman–Crippen MR) is 68.3 cm³/mol. The summed E-state index contributed by atoms with van der Waals surface area (Å²) in [5.41, 5.74) is -0.141. The number of nitrogens with zero attached hydrogens (tertiary/aromatic N) is 1. The molecule has 0 fully saturated rings. The van der Waals surface area contributed by atoms with Crippen LogP contribution in [0.3, 0.4) is 0 Å². The third-order valence-corrected chi connectivity index (χ3v) is 2.68. The predicted octanol–water partition coefficient (Wildman–Crippen LogP) is 2.94. The Kier molecular flexibility index (Phi) is 2.74. The van der Waals surface area contributed by atoms with Crippen LogP contribution in [0.25, 0.3) is 5.57 Å². The third kappa shape index (κ3) is 2.14. The average molecular weight is 241 g/mol. The molecule has 0 saturated carbocycles. The Bertz CT molecular complexity index is 546. The summed E-state index contributed by atoms with van der Waals surface area (Å²) in [7, 11) is 0. The number of ether oxygens (including phenoxy) is 1. The van der Waals surface area contributed by atoms with Gasteiger partial charge in [0.25, 0.3) is 0 Å². The van der Waals surface area contributed by atoms with Gasteiger partial charge < -0.3 is 4.74 Å². The number of carbonyl (C=O) groups is 1. The molecule has 1 aromatic carbocycles. The van der Waals surface area contributed by atoms with Crippen LogP contribution in [0.1, 0.15) is 26.3 Å². The van der Waals surface area contributed by atoms with Crippen LogP contribution < -0.4 is 0 Å². The molecule has 0 heterocycles. The first-order valence-corrected chi connectivity index (χ1v) is 5.82. The molecule has 92 valence electrons. The quantitative estimate of drug-likeness (QED) is 0.748. The molecule has 0 aliphatic heterocycles. The number of rotatable bonds is 2. The highest BCUT2D eigenvalue weighted by Gasteiger charge is 2.54. The first-order chi connectivity index (χ1) is 8.39. The molecule has 1 aliphatic carbocycles. The maximum atomic E-state index is 12.1. The molecule has 0 spiro atoms. The molecule has 0 saturated heterocycles. The summed E-state index contributed by atoms with van der Waals surface area (Å²) in [5, 5.41) is 9.25. The zero-order valence-electron chi connectivity index (χ0n) is 10.7. The van der Waals surface area contributed by atoms with Crippen molar-refractivity contribution in [1.29, 1.82) is 5.26 Å². The Hall–Kier alpha value is -2.08. The van der Waals surface area contributed by atoms with Crippen LogP contribution in [0.15, 0.2) is 36.4 Å². The fourth-order valence-corrected chi connectivity index (χ4v) is 1.77. The van der Waals surface area contributed by atoms with E-state index in [0.29, 0.717) is 0 Å². The molecule has 2 rings (SSSR count). The van der Waals surface area contributed by atoms with Gasteiger partial charge in [0.2, 0.25) is 0 Å². The van der Waals surface area contributed by atoms with Gasteiger partial charge >= 0.3 is 5.97 Å². The number of benzene rings is 1. The van der Waals surface area contributed by atoms with E-state index in [4.69, 9.17) is 4.74 Å². The average Bonchev–Trinajstić information content (AvgIpc) is 3.04. The Morgan fingerprint density at radius 2 is 1.89 bits per heavy atom. The highest BCUT2D eigenvalue weighted by Crippen LogP contribution is 2.51. The van der Waals surface area contributed by atoms with E-state index in [1.165, 1.54) is 0 Å². The van der Waals surface area contributed by atoms with Crippen LogP contribution in [0.2, 0.25) is 0 Å². The first kappa shape index (κ1) is 12.4. The van der Waals surface area contributed by atoms with Crippen molar-refractivity contribution in [2.24, 2.45) is 5.41 Å². The molecule has 0 bridgehead atoms. The monoisotopic (exact) mass is 241 g/mol. The van der Waals surface area contributed by atoms with Gasteiger partial charge in [0.05, 0.1) is 6.07 Å². The van der Waals surface area contributed by atoms with Crippen molar-refractivity contribution in [2.45, 2.75) is 26.4 Å². The zero-order chi connectivity index (χ0) is 13.4. The highest BCUT2D eigenvalue weighted by molar-refractivity contribution is 6.09. The van der Waals surface area contributed by atoms with Crippen molar-refractivity contribution in [3.8, 4) is 6.07 Å². The number of esters is 1. The Labute approximate surface area is 107 Å². The van der Waals surface area contributed by atoms with Crippen molar-refractivity contribution in [1.82, 2.24) is 0 Å². The molecule has 0 N–H and O–H groups in total. The largest absolute Gasteiger partial charge is 0.458 e. The molecule has 0 unspecified atom stereocenters. The smallest absolute Gasteiger partial charge is 0.335 e. The molecule has 1 atom stereocenters. The fraction of sp³-hybridized carbons (Fsp3) is 0.333. The van der Waals surface area contributed by atoms with Crippen molar-refractivity contribution in [2.75, 3.05) is 0 Å². The van der Waals surface area contributed by atoms with E-state index >= 15 is 0 Å². The van der Waals surface area contributed by atoms with Crippen LogP contribution in [0.4, 0.5) is 0 Å². The molecule has 3 heteroatoms. The Morgan fingerprint density at radius 3 is 2.39 bits per heavy atom. The summed E-state index contributed by atoms with van der Waals surface area (Å²) >= 11 is 0. The zero-order valence-corrected chi connectivity index (χ0v) is 10.7. The standard InChI is InChI=1S/C15H15NO2/c1-14(2,3)18-13(17)15(10-16)9-12(15)11-7-5-4-6-8-11/h4-9H,1-3H3/t15-/m0/s1.